The second-order valence-electron chi connectivity index (χ2n) is 4.98. The highest BCUT2D eigenvalue weighted by molar-refractivity contribution is 5.79. The first-order valence-corrected chi connectivity index (χ1v) is 7.95. The molecule has 0 amide bonds. The van der Waals surface area contributed by atoms with Crippen LogP contribution in [-0.2, 0) is 13.2 Å². The fourth-order valence-electron chi connectivity index (χ4n) is 2.05. The Labute approximate surface area is 137 Å². The number of pyridine rings is 1. The molecule has 1 heterocycles. The fraction of sp³-hybridized carbons (Fsp3) is 0.333. The third kappa shape index (κ3) is 5.98. The molecule has 1 aromatic carbocycles. The van der Waals surface area contributed by atoms with E-state index in [0.29, 0.717) is 13.2 Å². The molecule has 0 atom stereocenters. The van der Waals surface area contributed by atoms with E-state index in [0.717, 1.165) is 36.1 Å². The van der Waals surface area contributed by atoms with Crippen molar-refractivity contribution in [3.8, 4) is 5.75 Å². The van der Waals surface area contributed by atoms with E-state index in [-0.39, 0.29) is 0 Å². The second-order valence-corrected chi connectivity index (χ2v) is 4.98. The Hall–Kier alpha value is -2.56. The lowest BCUT2D eigenvalue weighted by atomic mass is 10.2. The zero-order chi connectivity index (χ0) is 16.3. The summed E-state index contributed by atoms with van der Waals surface area (Å²) in [4.78, 5) is 8.81. The number of guanidine groups is 1. The van der Waals surface area contributed by atoms with Gasteiger partial charge in [-0.05, 0) is 43.7 Å². The minimum absolute atomic E-state index is 0.466. The number of nitrogens with zero attached hydrogens (tertiary/aromatic N) is 2. The van der Waals surface area contributed by atoms with E-state index in [2.05, 4.69) is 34.5 Å². The predicted molar refractivity (Wildman–Crippen MR) is 93.5 cm³/mol. The Morgan fingerprint density at radius 2 is 1.91 bits per heavy atom. The smallest absolute Gasteiger partial charge is 0.191 e. The lowest BCUT2D eigenvalue weighted by molar-refractivity contribution is 0.301. The molecule has 2 rings (SSSR count). The summed E-state index contributed by atoms with van der Waals surface area (Å²) in [6.07, 6.45) is 1.77. The SMILES string of the molecule is CCNC(=NCc1cccc(OCc2ccccn2)c1)NCC. The molecule has 2 N–H and O–H groups in total. The van der Waals surface area contributed by atoms with Crippen LogP contribution in [0.2, 0.25) is 0 Å². The monoisotopic (exact) mass is 312 g/mol. The standard InChI is InChI=1S/C18H24N4O/c1-3-19-18(20-4-2)22-13-15-8-7-10-17(12-15)23-14-16-9-5-6-11-21-16/h5-12H,3-4,13-14H2,1-2H3,(H2,19,20,22). The lowest BCUT2D eigenvalue weighted by Gasteiger charge is -2.10. The highest BCUT2D eigenvalue weighted by atomic mass is 16.5. The Kier molecular flexibility index (Phi) is 6.91. The molecule has 5 heteroatoms. The van der Waals surface area contributed by atoms with Gasteiger partial charge in [0.1, 0.15) is 12.4 Å². The third-order valence-electron chi connectivity index (χ3n) is 3.12. The number of aromatic nitrogens is 1. The molecule has 0 radical (unpaired) electrons. The molecule has 0 spiro atoms. The fourth-order valence-corrected chi connectivity index (χ4v) is 2.05. The molecule has 0 aliphatic carbocycles. The number of ether oxygens (including phenoxy) is 1. The minimum atomic E-state index is 0.466. The first-order chi connectivity index (χ1) is 11.3. The Bertz CT molecular complexity index is 605. The average Bonchev–Trinajstić information content (AvgIpc) is 2.60. The normalized spacial score (nSPS) is 10.0. The molecule has 1 aromatic heterocycles. The summed E-state index contributed by atoms with van der Waals surface area (Å²) < 4.78 is 5.79. The molecule has 0 saturated heterocycles. The predicted octanol–water partition coefficient (Wildman–Crippen LogP) is 2.74. The van der Waals surface area contributed by atoms with Crippen LogP contribution in [0.4, 0.5) is 0 Å². The van der Waals surface area contributed by atoms with Gasteiger partial charge in [0.25, 0.3) is 0 Å². The highest BCUT2D eigenvalue weighted by Crippen LogP contribution is 2.15. The largest absolute Gasteiger partial charge is 0.487 e. The summed E-state index contributed by atoms with van der Waals surface area (Å²) in [5.41, 5.74) is 2.02. The van der Waals surface area contributed by atoms with Gasteiger partial charge in [-0.2, -0.15) is 0 Å². The molecule has 122 valence electrons. The summed E-state index contributed by atoms with van der Waals surface area (Å²) >= 11 is 0. The first-order valence-electron chi connectivity index (χ1n) is 7.95. The summed E-state index contributed by atoms with van der Waals surface area (Å²) in [6, 6.07) is 13.8. The van der Waals surface area contributed by atoms with Gasteiger partial charge < -0.3 is 15.4 Å². The molecular weight excluding hydrogens is 288 g/mol. The molecule has 0 aliphatic rings. The van der Waals surface area contributed by atoms with Crippen LogP contribution >= 0.6 is 0 Å². The zero-order valence-electron chi connectivity index (χ0n) is 13.7. The van der Waals surface area contributed by atoms with E-state index in [4.69, 9.17) is 4.74 Å². The van der Waals surface area contributed by atoms with E-state index >= 15 is 0 Å². The van der Waals surface area contributed by atoms with Crippen molar-refractivity contribution in [2.75, 3.05) is 13.1 Å². The summed E-state index contributed by atoms with van der Waals surface area (Å²) in [7, 11) is 0. The number of rotatable bonds is 7. The van der Waals surface area contributed by atoms with Gasteiger partial charge in [-0.1, -0.05) is 18.2 Å². The van der Waals surface area contributed by atoms with Crippen LogP contribution in [0.1, 0.15) is 25.1 Å². The molecule has 5 nitrogen and oxygen atoms in total. The average molecular weight is 312 g/mol. The summed E-state index contributed by atoms with van der Waals surface area (Å²) in [6.45, 7) is 6.87. The van der Waals surface area contributed by atoms with Gasteiger partial charge >= 0.3 is 0 Å². The van der Waals surface area contributed by atoms with Crippen LogP contribution in [0.5, 0.6) is 5.75 Å². The zero-order valence-corrected chi connectivity index (χ0v) is 13.7. The van der Waals surface area contributed by atoms with Crippen molar-refractivity contribution in [2.45, 2.75) is 27.0 Å². The molecule has 23 heavy (non-hydrogen) atoms. The second kappa shape index (κ2) is 9.46. The first kappa shape index (κ1) is 16.8. The van der Waals surface area contributed by atoms with Gasteiger partial charge in [-0.15, -0.1) is 0 Å². The number of aliphatic imine (C=N–C) groups is 1. The van der Waals surface area contributed by atoms with Crippen molar-refractivity contribution in [3.05, 3.63) is 59.9 Å². The minimum Gasteiger partial charge on any atom is -0.487 e. The summed E-state index contributed by atoms with van der Waals surface area (Å²) in [5, 5.41) is 6.43. The molecule has 0 bridgehead atoms. The van der Waals surface area contributed by atoms with E-state index in [9.17, 15) is 0 Å². The van der Waals surface area contributed by atoms with Crippen molar-refractivity contribution in [2.24, 2.45) is 4.99 Å². The van der Waals surface area contributed by atoms with Crippen LogP contribution in [0, 0.1) is 0 Å². The van der Waals surface area contributed by atoms with Crippen LogP contribution in [-0.4, -0.2) is 24.0 Å². The van der Waals surface area contributed by atoms with Gasteiger partial charge in [0.2, 0.25) is 0 Å². The topological polar surface area (TPSA) is 58.5 Å². The molecule has 0 aliphatic heterocycles. The van der Waals surface area contributed by atoms with Crippen LogP contribution in [0.3, 0.4) is 0 Å². The van der Waals surface area contributed by atoms with Crippen molar-refractivity contribution in [3.63, 3.8) is 0 Å². The molecular formula is C18H24N4O. The molecule has 0 unspecified atom stereocenters. The highest BCUT2D eigenvalue weighted by Gasteiger charge is 2.00. The maximum Gasteiger partial charge on any atom is 0.191 e. The molecule has 0 saturated carbocycles. The summed E-state index contributed by atoms with van der Waals surface area (Å²) in [5.74, 6) is 1.66. The maximum atomic E-state index is 5.79. The van der Waals surface area contributed by atoms with Crippen LogP contribution in [0.25, 0.3) is 0 Å². The molecule has 0 fully saturated rings. The number of hydrogen-bond acceptors (Lipinski definition) is 3. The van der Waals surface area contributed by atoms with Gasteiger partial charge in [0.15, 0.2) is 5.96 Å². The number of nitrogens with one attached hydrogen (secondary N) is 2. The van der Waals surface area contributed by atoms with Gasteiger partial charge in [0.05, 0.1) is 12.2 Å². The quantitative estimate of drug-likeness (QED) is 0.610. The van der Waals surface area contributed by atoms with Crippen molar-refractivity contribution in [1.82, 2.24) is 15.6 Å². The van der Waals surface area contributed by atoms with E-state index < -0.39 is 0 Å². The maximum absolute atomic E-state index is 5.79. The van der Waals surface area contributed by atoms with E-state index in [1.807, 2.05) is 42.5 Å². The Balaban J connectivity index is 1.95. The van der Waals surface area contributed by atoms with Gasteiger partial charge in [-0.3, -0.25) is 4.98 Å². The number of benzene rings is 1. The van der Waals surface area contributed by atoms with E-state index in [1.165, 1.54) is 0 Å². The Morgan fingerprint density at radius 3 is 2.61 bits per heavy atom. The third-order valence-corrected chi connectivity index (χ3v) is 3.12. The van der Waals surface area contributed by atoms with E-state index in [1.54, 1.807) is 6.20 Å². The van der Waals surface area contributed by atoms with Crippen LogP contribution < -0.4 is 15.4 Å². The van der Waals surface area contributed by atoms with Gasteiger partial charge in [-0.25, -0.2) is 4.99 Å². The van der Waals surface area contributed by atoms with Crippen molar-refractivity contribution in [1.29, 1.82) is 0 Å². The lowest BCUT2D eigenvalue weighted by Crippen LogP contribution is -2.36. The van der Waals surface area contributed by atoms with Crippen molar-refractivity contribution >= 4 is 5.96 Å². The van der Waals surface area contributed by atoms with Gasteiger partial charge in [0, 0.05) is 19.3 Å². The Morgan fingerprint density at radius 1 is 1.09 bits per heavy atom. The van der Waals surface area contributed by atoms with Crippen LogP contribution in [0.15, 0.2) is 53.7 Å². The molecule has 2 aromatic rings. The van der Waals surface area contributed by atoms with Crippen molar-refractivity contribution < 1.29 is 4.74 Å². The number of hydrogen-bond donors (Lipinski definition) is 2.